The molecule has 0 saturated carbocycles. The molecule has 0 radical (unpaired) electrons. The Balaban J connectivity index is 1.87. The van der Waals surface area contributed by atoms with Gasteiger partial charge in [0.15, 0.2) is 0 Å². The van der Waals surface area contributed by atoms with Crippen LogP contribution < -0.4 is 10.6 Å². The molecule has 1 aromatic heterocycles. The molecule has 2 amide bonds. The van der Waals surface area contributed by atoms with Gasteiger partial charge in [0, 0.05) is 30.5 Å². The molecule has 0 aliphatic carbocycles. The Morgan fingerprint density at radius 2 is 1.88 bits per heavy atom. The Bertz CT molecular complexity index is 750. The highest BCUT2D eigenvalue weighted by Crippen LogP contribution is 2.12. The number of nitrogens with zero attached hydrogens (tertiary/aromatic N) is 2. The summed E-state index contributed by atoms with van der Waals surface area (Å²) < 4.78 is 6.71. The lowest BCUT2D eigenvalue weighted by Crippen LogP contribution is -2.28. The van der Waals surface area contributed by atoms with Gasteiger partial charge < -0.3 is 15.4 Å². The van der Waals surface area contributed by atoms with Gasteiger partial charge in [-0.1, -0.05) is 12.1 Å². The normalized spacial score (nSPS) is 10.4. The molecule has 2 N–H and O–H groups in total. The summed E-state index contributed by atoms with van der Waals surface area (Å²) in [7, 11) is 1.88. The van der Waals surface area contributed by atoms with Gasteiger partial charge in [0.25, 0.3) is 0 Å². The van der Waals surface area contributed by atoms with Crippen molar-refractivity contribution >= 4 is 17.7 Å². The number of nitrogens with one attached hydrogen (secondary N) is 2. The summed E-state index contributed by atoms with van der Waals surface area (Å²) in [5, 5.41) is 9.92. The highest BCUT2D eigenvalue weighted by molar-refractivity contribution is 5.89. The summed E-state index contributed by atoms with van der Waals surface area (Å²) in [5.74, 6) is -0.261. The number of carbonyl (C=O) groups is 2. The molecule has 25 heavy (non-hydrogen) atoms. The maximum Gasteiger partial charge on any atom is 0.319 e. The second-order valence-electron chi connectivity index (χ2n) is 5.76. The number of benzene rings is 1. The van der Waals surface area contributed by atoms with Crippen LogP contribution in [0.25, 0.3) is 0 Å². The fraction of sp³-hybridized carbons (Fsp3) is 0.389. The van der Waals surface area contributed by atoms with Gasteiger partial charge in [-0.25, -0.2) is 4.79 Å². The Morgan fingerprint density at radius 1 is 1.20 bits per heavy atom. The van der Waals surface area contributed by atoms with Gasteiger partial charge in [0.2, 0.25) is 0 Å². The van der Waals surface area contributed by atoms with Crippen LogP contribution in [-0.2, 0) is 29.5 Å². The molecule has 7 heteroatoms. The number of hydrogen-bond acceptors (Lipinski definition) is 4. The second-order valence-corrected chi connectivity index (χ2v) is 5.76. The van der Waals surface area contributed by atoms with Crippen molar-refractivity contribution in [1.82, 2.24) is 15.1 Å². The van der Waals surface area contributed by atoms with Gasteiger partial charge in [-0.3, -0.25) is 9.48 Å². The average Bonchev–Trinajstić information content (AvgIpc) is 2.80. The van der Waals surface area contributed by atoms with E-state index in [1.165, 1.54) is 0 Å². The zero-order valence-electron chi connectivity index (χ0n) is 15.0. The highest BCUT2D eigenvalue weighted by Gasteiger charge is 2.11. The van der Waals surface area contributed by atoms with Crippen LogP contribution in [0.2, 0.25) is 0 Å². The van der Waals surface area contributed by atoms with E-state index in [1.54, 1.807) is 35.9 Å². The van der Waals surface area contributed by atoms with Crippen molar-refractivity contribution in [3.05, 3.63) is 46.8 Å². The predicted octanol–water partition coefficient (Wildman–Crippen LogP) is 2.46. The number of anilines is 1. The molecule has 7 nitrogen and oxygen atoms in total. The Hall–Kier alpha value is -2.83. The summed E-state index contributed by atoms with van der Waals surface area (Å²) in [6.45, 7) is 6.45. The van der Waals surface area contributed by atoms with Crippen molar-refractivity contribution in [2.45, 2.75) is 33.7 Å². The van der Waals surface area contributed by atoms with E-state index in [4.69, 9.17) is 4.74 Å². The molecule has 2 rings (SSSR count). The summed E-state index contributed by atoms with van der Waals surface area (Å²) in [5.41, 5.74) is 4.45. The number of amides is 2. The molecule has 134 valence electrons. The van der Waals surface area contributed by atoms with E-state index in [2.05, 4.69) is 15.7 Å². The van der Waals surface area contributed by atoms with Crippen molar-refractivity contribution in [2.75, 3.05) is 11.9 Å². The lowest BCUT2D eigenvalue weighted by molar-refractivity contribution is -0.142. The van der Waals surface area contributed by atoms with Crippen molar-refractivity contribution < 1.29 is 14.3 Å². The summed E-state index contributed by atoms with van der Waals surface area (Å²) in [6, 6.07) is 6.81. The topological polar surface area (TPSA) is 85.2 Å². The molecule has 1 heterocycles. The van der Waals surface area contributed by atoms with Crippen LogP contribution in [0.15, 0.2) is 24.3 Å². The van der Waals surface area contributed by atoms with Crippen LogP contribution in [0.4, 0.5) is 10.5 Å². The largest absolute Gasteiger partial charge is 0.466 e. The van der Waals surface area contributed by atoms with Crippen molar-refractivity contribution in [1.29, 1.82) is 0 Å². The molecule has 0 aliphatic heterocycles. The molecule has 0 atom stereocenters. The van der Waals surface area contributed by atoms with E-state index in [0.29, 0.717) is 18.8 Å². The van der Waals surface area contributed by atoms with Crippen molar-refractivity contribution in [3.8, 4) is 0 Å². The minimum absolute atomic E-state index is 0.222. The maximum atomic E-state index is 12.0. The van der Waals surface area contributed by atoms with Crippen LogP contribution in [0.1, 0.15) is 29.4 Å². The molecule has 2 aromatic rings. The first-order valence-electron chi connectivity index (χ1n) is 8.19. The number of carbonyl (C=O) groups excluding carboxylic acids is 2. The Labute approximate surface area is 147 Å². The summed E-state index contributed by atoms with van der Waals surface area (Å²) in [6.07, 6.45) is 0.222. The molecule has 0 saturated heterocycles. The first-order valence-corrected chi connectivity index (χ1v) is 8.19. The Morgan fingerprint density at radius 3 is 2.44 bits per heavy atom. The van der Waals surface area contributed by atoms with Crippen molar-refractivity contribution in [3.63, 3.8) is 0 Å². The zero-order valence-corrected chi connectivity index (χ0v) is 15.0. The minimum atomic E-state index is -0.291. The van der Waals surface area contributed by atoms with E-state index < -0.39 is 0 Å². The van der Waals surface area contributed by atoms with Gasteiger partial charge in [-0.05, 0) is 38.5 Å². The molecular weight excluding hydrogens is 320 g/mol. The number of hydrogen-bond donors (Lipinski definition) is 2. The van der Waals surface area contributed by atoms with Gasteiger partial charge in [0.05, 0.1) is 18.7 Å². The molecule has 0 spiro atoms. The zero-order chi connectivity index (χ0) is 18.4. The Kier molecular flexibility index (Phi) is 6.16. The van der Waals surface area contributed by atoms with Gasteiger partial charge in [-0.2, -0.15) is 5.10 Å². The standard InChI is InChI=1S/C18H24N4O3/c1-5-25-17(23)10-14-6-8-15(9-7-14)20-18(24)19-11-16-12(2)21-22(4)13(16)3/h6-9H,5,10-11H2,1-4H3,(H2,19,20,24). The third kappa shape index (κ3) is 5.07. The summed E-state index contributed by atoms with van der Waals surface area (Å²) in [4.78, 5) is 23.5. The van der Waals surface area contributed by atoms with E-state index in [0.717, 1.165) is 22.5 Å². The monoisotopic (exact) mass is 344 g/mol. The molecule has 0 aliphatic rings. The first-order chi connectivity index (χ1) is 11.9. The van der Waals surface area contributed by atoms with E-state index in [-0.39, 0.29) is 18.4 Å². The second kappa shape index (κ2) is 8.32. The van der Waals surface area contributed by atoms with Crippen molar-refractivity contribution in [2.24, 2.45) is 7.05 Å². The molecule has 0 fully saturated rings. The van der Waals surface area contributed by atoms with Crippen LogP contribution >= 0.6 is 0 Å². The molecule has 0 unspecified atom stereocenters. The fourth-order valence-corrected chi connectivity index (χ4v) is 2.50. The minimum Gasteiger partial charge on any atom is -0.466 e. The van der Waals surface area contributed by atoms with E-state index >= 15 is 0 Å². The predicted molar refractivity (Wildman–Crippen MR) is 95.3 cm³/mol. The third-order valence-electron chi connectivity index (χ3n) is 3.95. The number of ether oxygens (including phenoxy) is 1. The summed E-state index contributed by atoms with van der Waals surface area (Å²) >= 11 is 0. The first kappa shape index (κ1) is 18.5. The van der Waals surface area contributed by atoms with E-state index in [1.807, 2.05) is 20.9 Å². The number of aryl methyl sites for hydroxylation is 2. The van der Waals surface area contributed by atoms with Crippen LogP contribution in [0.3, 0.4) is 0 Å². The van der Waals surface area contributed by atoms with Gasteiger partial charge >= 0.3 is 12.0 Å². The number of rotatable bonds is 6. The number of aromatic nitrogens is 2. The SMILES string of the molecule is CCOC(=O)Cc1ccc(NC(=O)NCc2c(C)nn(C)c2C)cc1. The highest BCUT2D eigenvalue weighted by atomic mass is 16.5. The lowest BCUT2D eigenvalue weighted by atomic mass is 10.1. The van der Waals surface area contributed by atoms with Crippen LogP contribution in [-0.4, -0.2) is 28.4 Å². The van der Waals surface area contributed by atoms with Crippen LogP contribution in [0.5, 0.6) is 0 Å². The molecule has 1 aromatic carbocycles. The maximum absolute atomic E-state index is 12.0. The lowest BCUT2D eigenvalue weighted by Gasteiger charge is -2.09. The quantitative estimate of drug-likeness (QED) is 0.788. The third-order valence-corrected chi connectivity index (χ3v) is 3.95. The van der Waals surface area contributed by atoms with E-state index in [9.17, 15) is 9.59 Å². The number of urea groups is 1. The molecule has 0 bridgehead atoms. The molecular formula is C18H24N4O3. The van der Waals surface area contributed by atoms with Gasteiger partial charge in [-0.15, -0.1) is 0 Å². The van der Waals surface area contributed by atoms with Gasteiger partial charge in [0.1, 0.15) is 0 Å². The average molecular weight is 344 g/mol. The van der Waals surface area contributed by atoms with Crippen LogP contribution in [0, 0.1) is 13.8 Å². The fourth-order valence-electron chi connectivity index (χ4n) is 2.50. The number of esters is 1. The smallest absolute Gasteiger partial charge is 0.319 e.